The fourth-order valence-electron chi connectivity index (χ4n) is 4.15. The zero-order valence-electron chi connectivity index (χ0n) is 15.0. The van der Waals surface area contributed by atoms with Crippen molar-refractivity contribution in [2.75, 3.05) is 24.6 Å². The van der Waals surface area contributed by atoms with Crippen molar-refractivity contribution < 1.29 is 8.42 Å². The zero-order chi connectivity index (χ0) is 18.1. The van der Waals surface area contributed by atoms with E-state index in [9.17, 15) is 8.42 Å². The highest BCUT2D eigenvalue weighted by Crippen LogP contribution is 2.29. The lowest BCUT2D eigenvalue weighted by Gasteiger charge is -2.43. The molecule has 0 N–H and O–H groups in total. The minimum atomic E-state index is -3.01. The van der Waals surface area contributed by atoms with Gasteiger partial charge in [-0.1, -0.05) is 30.3 Å². The van der Waals surface area contributed by atoms with Crippen molar-refractivity contribution in [2.45, 2.75) is 38.6 Å². The van der Waals surface area contributed by atoms with Gasteiger partial charge in [-0.3, -0.25) is 9.80 Å². The van der Waals surface area contributed by atoms with Gasteiger partial charge in [-0.05, 0) is 12.5 Å². The average molecular weight is 375 g/mol. The fourth-order valence-corrected chi connectivity index (χ4v) is 6.20. The molecule has 0 radical (unpaired) electrons. The third-order valence-electron chi connectivity index (χ3n) is 5.52. The van der Waals surface area contributed by atoms with Gasteiger partial charge in [0.2, 0.25) is 0 Å². The summed E-state index contributed by atoms with van der Waals surface area (Å²) in [4.78, 5) is 4.62. The number of sulfone groups is 1. The van der Waals surface area contributed by atoms with Crippen molar-refractivity contribution in [3.63, 3.8) is 0 Å². The first kappa shape index (κ1) is 17.6. The smallest absolute Gasteiger partial charge is 0.153 e. The van der Waals surface area contributed by atoms with Crippen molar-refractivity contribution >= 4 is 9.84 Å². The highest BCUT2D eigenvalue weighted by atomic mass is 32.2. The van der Waals surface area contributed by atoms with Gasteiger partial charge in [-0.15, -0.1) is 10.2 Å². The molecule has 2 aromatic rings. The normalized spacial score (nSPS) is 26.0. The first-order valence-electron chi connectivity index (χ1n) is 9.15. The first-order chi connectivity index (χ1) is 12.6. The lowest BCUT2D eigenvalue weighted by molar-refractivity contribution is 0.0333. The molecule has 2 aliphatic heterocycles. The summed E-state index contributed by atoms with van der Waals surface area (Å²) in [5.41, 5.74) is 1.23. The Morgan fingerprint density at radius 3 is 2.35 bits per heavy atom. The molecule has 0 aliphatic carbocycles. The van der Waals surface area contributed by atoms with E-state index >= 15 is 0 Å². The fraction of sp³-hybridized carbons (Fsp3) is 0.556. The quantitative estimate of drug-likeness (QED) is 0.769. The van der Waals surface area contributed by atoms with Crippen LogP contribution in [0.15, 0.2) is 36.7 Å². The number of hydrogen-bond donors (Lipinski definition) is 0. The van der Waals surface area contributed by atoms with Crippen molar-refractivity contribution in [2.24, 2.45) is 0 Å². The molecular formula is C18H25N5O2S. The Morgan fingerprint density at radius 1 is 1.04 bits per heavy atom. The number of aryl methyl sites for hydroxylation is 1. The van der Waals surface area contributed by atoms with Crippen LogP contribution in [0.4, 0.5) is 0 Å². The van der Waals surface area contributed by atoms with Crippen LogP contribution in [-0.4, -0.2) is 69.7 Å². The molecule has 0 bridgehead atoms. The van der Waals surface area contributed by atoms with Crippen LogP contribution in [0.5, 0.6) is 0 Å². The van der Waals surface area contributed by atoms with E-state index in [2.05, 4.69) is 39.1 Å². The lowest BCUT2D eigenvalue weighted by atomic mass is 10.0. The summed E-state index contributed by atoms with van der Waals surface area (Å²) in [6.07, 6.45) is 1.74. The molecular weight excluding hydrogens is 350 g/mol. The Balaban J connectivity index is 1.54. The molecule has 26 heavy (non-hydrogen) atoms. The maximum Gasteiger partial charge on any atom is 0.153 e. The number of aromatic nitrogens is 3. The first-order valence-corrected chi connectivity index (χ1v) is 11.0. The van der Waals surface area contributed by atoms with Crippen LogP contribution in [0.2, 0.25) is 0 Å². The standard InChI is InChI=1S/C18H25N5O2S/c1-2-21-14-19-20-18(21)11-23-9-8-22(10-15-6-4-3-5-7-15)16-12-26(24,25)13-17(16)23/h3-7,14,16-17H,2,8-13H2,1H3/t16-,17+/m1/s1. The molecule has 0 unspecified atom stereocenters. The van der Waals surface area contributed by atoms with Gasteiger partial charge in [0, 0.05) is 38.3 Å². The van der Waals surface area contributed by atoms with E-state index in [0.717, 1.165) is 32.0 Å². The van der Waals surface area contributed by atoms with Crippen LogP contribution in [-0.2, 0) is 29.5 Å². The summed E-state index contributed by atoms with van der Waals surface area (Å²) in [6.45, 7) is 6.06. The van der Waals surface area contributed by atoms with Gasteiger partial charge in [0.05, 0.1) is 18.1 Å². The van der Waals surface area contributed by atoms with Crippen LogP contribution in [0.1, 0.15) is 18.3 Å². The second kappa shape index (κ2) is 7.09. The predicted molar refractivity (Wildman–Crippen MR) is 99.2 cm³/mol. The van der Waals surface area contributed by atoms with E-state index < -0.39 is 9.84 Å². The topological polar surface area (TPSA) is 71.3 Å². The second-order valence-corrected chi connectivity index (χ2v) is 9.33. The molecule has 0 spiro atoms. The Hall–Kier alpha value is -1.77. The van der Waals surface area contributed by atoms with Gasteiger partial charge in [0.25, 0.3) is 0 Å². The highest BCUT2D eigenvalue weighted by molar-refractivity contribution is 7.91. The zero-order valence-corrected chi connectivity index (χ0v) is 15.8. The van der Waals surface area contributed by atoms with Gasteiger partial charge in [-0.2, -0.15) is 0 Å². The predicted octanol–water partition coefficient (Wildman–Crippen LogP) is 0.781. The van der Waals surface area contributed by atoms with Crippen molar-refractivity contribution in [1.82, 2.24) is 24.6 Å². The number of benzene rings is 1. The molecule has 2 fully saturated rings. The molecule has 2 saturated heterocycles. The van der Waals surface area contributed by atoms with Crippen molar-refractivity contribution in [3.05, 3.63) is 48.0 Å². The van der Waals surface area contributed by atoms with E-state index in [1.54, 1.807) is 6.33 Å². The number of nitrogens with zero attached hydrogens (tertiary/aromatic N) is 5. The SMILES string of the molecule is CCn1cnnc1CN1CCN(Cc2ccccc2)[C@@H]2CS(=O)(=O)C[C@@H]21. The van der Waals surface area contributed by atoms with Crippen LogP contribution in [0, 0.1) is 0 Å². The minimum Gasteiger partial charge on any atom is -0.317 e. The van der Waals surface area contributed by atoms with Crippen molar-refractivity contribution in [3.8, 4) is 0 Å². The van der Waals surface area contributed by atoms with E-state index in [1.807, 2.05) is 22.8 Å². The molecule has 0 saturated carbocycles. The molecule has 3 heterocycles. The molecule has 4 rings (SSSR count). The molecule has 2 aliphatic rings. The van der Waals surface area contributed by atoms with Crippen LogP contribution >= 0.6 is 0 Å². The van der Waals surface area contributed by atoms with Gasteiger partial charge >= 0.3 is 0 Å². The summed E-state index contributed by atoms with van der Waals surface area (Å²) >= 11 is 0. The molecule has 8 heteroatoms. The number of rotatable bonds is 5. The Labute approximate surface area is 154 Å². The Bertz CT molecular complexity index is 851. The molecule has 140 valence electrons. The maximum atomic E-state index is 12.4. The largest absolute Gasteiger partial charge is 0.317 e. The Morgan fingerprint density at radius 2 is 1.69 bits per heavy atom. The molecule has 7 nitrogen and oxygen atoms in total. The summed E-state index contributed by atoms with van der Waals surface area (Å²) in [7, 11) is -3.01. The van der Waals surface area contributed by atoms with Crippen LogP contribution in [0.25, 0.3) is 0 Å². The summed E-state index contributed by atoms with van der Waals surface area (Å²) in [6, 6.07) is 10.4. The second-order valence-electron chi connectivity index (χ2n) is 7.17. The number of piperazine rings is 1. The lowest BCUT2D eigenvalue weighted by Crippen LogP contribution is -2.58. The van der Waals surface area contributed by atoms with E-state index in [1.165, 1.54) is 5.56 Å². The van der Waals surface area contributed by atoms with Crippen LogP contribution in [0.3, 0.4) is 0 Å². The van der Waals surface area contributed by atoms with Crippen LogP contribution < -0.4 is 0 Å². The minimum absolute atomic E-state index is 0.0273. The van der Waals surface area contributed by atoms with Gasteiger partial charge < -0.3 is 4.57 Å². The molecule has 1 aromatic carbocycles. The van der Waals surface area contributed by atoms with E-state index in [4.69, 9.17) is 0 Å². The monoisotopic (exact) mass is 375 g/mol. The number of hydrogen-bond acceptors (Lipinski definition) is 6. The summed E-state index contributed by atoms with van der Waals surface area (Å²) < 4.78 is 26.8. The van der Waals surface area contributed by atoms with Gasteiger partial charge in [0.15, 0.2) is 9.84 Å². The van der Waals surface area contributed by atoms with E-state index in [-0.39, 0.29) is 23.6 Å². The van der Waals surface area contributed by atoms with Crippen molar-refractivity contribution in [1.29, 1.82) is 0 Å². The van der Waals surface area contributed by atoms with Gasteiger partial charge in [0.1, 0.15) is 12.2 Å². The molecule has 1 aromatic heterocycles. The summed E-state index contributed by atoms with van der Waals surface area (Å²) in [5, 5.41) is 8.23. The maximum absolute atomic E-state index is 12.4. The average Bonchev–Trinajstić information content (AvgIpc) is 3.21. The van der Waals surface area contributed by atoms with E-state index in [0.29, 0.717) is 6.54 Å². The molecule has 0 amide bonds. The number of fused-ring (bicyclic) bond motifs is 1. The summed E-state index contributed by atoms with van der Waals surface area (Å²) in [5.74, 6) is 1.40. The Kier molecular flexibility index (Phi) is 4.81. The third kappa shape index (κ3) is 3.54. The molecule has 2 atom stereocenters. The van der Waals surface area contributed by atoms with Gasteiger partial charge in [-0.25, -0.2) is 8.42 Å². The highest BCUT2D eigenvalue weighted by Gasteiger charge is 2.46. The third-order valence-corrected chi connectivity index (χ3v) is 7.21.